The molecule has 1 aliphatic heterocycles. The van der Waals surface area contributed by atoms with Gasteiger partial charge in [-0.1, -0.05) is 17.7 Å². The maximum absolute atomic E-state index is 12.3. The fraction of sp³-hybridized carbons (Fsp3) is 0.278. The Labute approximate surface area is 151 Å². The standard InChI is InChI=1S/C18H19ClN4O2/c19-14-4-1-5-16(11-14)22-18(25)23-9-6-15(7-10-23)21-17(24)13-3-2-8-20-12-13/h1-5,8,11-12,15H,6-7,9-10H2,(H,21,24)(H,22,25). The van der Waals surface area contributed by atoms with Gasteiger partial charge >= 0.3 is 6.03 Å². The zero-order valence-electron chi connectivity index (χ0n) is 13.6. The SMILES string of the molecule is O=C(NC1CCN(C(=O)Nc2cccc(Cl)c2)CC1)c1cccnc1. The molecule has 3 amide bonds. The lowest BCUT2D eigenvalue weighted by Gasteiger charge is -2.32. The summed E-state index contributed by atoms with van der Waals surface area (Å²) in [7, 11) is 0. The Morgan fingerprint density at radius 1 is 1.16 bits per heavy atom. The number of hydrogen-bond donors (Lipinski definition) is 2. The predicted octanol–water partition coefficient (Wildman–Crippen LogP) is 3.16. The molecule has 0 saturated carbocycles. The van der Waals surface area contributed by atoms with Crippen molar-refractivity contribution < 1.29 is 9.59 Å². The average Bonchev–Trinajstić information content (AvgIpc) is 2.63. The normalized spacial score (nSPS) is 14.8. The highest BCUT2D eigenvalue weighted by Crippen LogP contribution is 2.17. The van der Waals surface area contributed by atoms with Crippen LogP contribution in [0.1, 0.15) is 23.2 Å². The van der Waals surface area contributed by atoms with Gasteiger partial charge in [-0.15, -0.1) is 0 Å². The van der Waals surface area contributed by atoms with Crippen molar-refractivity contribution in [1.82, 2.24) is 15.2 Å². The molecule has 1 aromatic carbocycles. The van der Waals surface area contributed by atoms with Crippen LogP contribution in [0.2, 0.25) is 5.02 Å². The van der Waals surface area contributed by atoms with Crippen LogP contribution in [0.15, 0.2) is 48.8 Å². The number of hydrogen-bond acceptors (Lipinski definition) is 3. The number of anilines is 1. The van der Waals surface area contributed by atoms with Gasteiger partial charge in [0.05, 0.1) is 5.56 Å². The van der Waals surface area contributed by atoms with E-state index in [1.54, 1.807) is 53.7 Å². The Morgan fingerprint density at radius 2 is 1.96 bits per heavy atom. The lowest BCUT2D eigenvalue weighted by Crippen LogP contribution is -2.47. The Kier molecular flexibility index (Phi) is 5.50. The maximum atomic E-state index is 12.3. The third-order valence-electron chi connectivity index (χ3n) is 4.12. The molecular weight excluding hydrogens is 340 g/mol. The molecule has 2 N–H and O–H groups in total. The molecule has 1 aliphatic rings. The molecular formula is C18H19ClN4O2. The van der Waals surface area contributed by atoms with Gasteiger partial charge in [0.25, 0.3) is 5.91 Å². The zero-order chi connectivity index (χ0) is 17.6. The van der Waals surface area contributed by atoms with Crippen LogP contribution in [0.25, 0.3) is 0 Å². The quantitative estimate of drug-likeness (QED) is 0.885. The Morgan fingerprint density at radius 3 is 2.64 bits per heavy atom. The first-order chi connectivity index (χ1) is 12.1. The van der Waals surface area contributed by atoms with Gasteiger partial charge in [-0.3, -0.25) is 9.78 Å². The van der Waals surface area contributed by atoms with E-state index in [9.17, 15) is 9.59 Å². The molecule has 0 spiro atoms. The van der Waals surface area contributed by atoms with Gasteiger partial charge in [0.2, 0.25) is 0 Å². The third-order valence-corrected chi connectivity index (χ3v) is 4.35. The zero-order valence-corrected chi connectivity index (χ0v) is 14.4. The highest BCUT2D eigenvalue weighted by molar-refractivity contribution is 6.30. The molecule has 25 heavy (non-hydrogen) atoms. The molecule has 2 heterocycles. The minimum Gasteiger partial charge on any atom is -0.349 e. The first-order valence-electron chi connectivity index (χ1n) is 8.14. The van der Waals surface area contributed by atoms with Crippen LogP contribution >= 0.6 is 11.6 Å². The monoisotopic (exact) mass is 358 g/mol. The van der Waals surface area contributed by atoms with E-state index < -0.39 is 0 Å². The highest BCUT2D eigenvalue weighted by atomic mass is 35.5. The summed E-state index contributed by atoms with van der Waals surface area (Å²) in [6.07, 6.45) is 4.61. The lowest BCUT2D eigenvalue weighted by atomic mass is 10.0. The summed E-state index contributed by atoms with van der Waals surface area (Å²) in [5.41, 5.74) is 1.22. The van der Waals surface area contributed by atoms with Crippen LogP contribution in [-0.4, -0.2) is 41.0 Å². The first kappa shape index (κ1) is 17.2. The number of piperidine rings is 1. The molecule has 2 aromatic rings. The van der Waals surface area contributed by atoms with Crippen LogP contribution in [-0.2, 0) is 0 Å². The number of urea groups is 1. The molecule has 1 saturated heterocycles. The summed E-state index contributed by atoms with van der Waals surface area (Å²) in [6, 6.07) is 10.4. The van der Waals surface area contributed by atoms with E-state index >= 15 is 0 Å². The Balaban J connectivity index is 1.48. The van der Waals surface area contributed by atoms with Gasteiger partial charge in [-0.05, 0) is 43.2 Å². The van der Waals surface area contributed by atoms with Crippen molar-refractivity contribution >= 4 is 29.2 Å². The number of aromatic nitrogens is 1. The molecule has 6 nitrogen and oxygen atoms in total. The summed E-state index contributed by atoms with van der Waals surface area (Å²) in [6.45, 7) is 1.18. The number of amides is 3. The minimum atomic E-state index is -0.153. The number of pyridine rings is 1. The van der Waals surface area contributed by atoms with Crippen LogP contribution in [0.3, 0.4) is 0 Å². The number of likely N-dealkylation sites (tertiary alicyclic amines) is 1. The van der Waals surface area contributed by atoms with E-state index in [1.807, 2.05) is 0 Å². The predicted molar refractivity (Wildman–Crippen MR) is 96.8 cm³/mol. The number of rotatable bonds is 3. The number of benzene rings is 1. The molecule has 0 aliphatic carbocycles. The van der Waals surface area contributed by atoms with Crippen molar-refractivity contribution in [3.63, 3.8) is 0 Å². The first-order valence-corrected chi connectivity index (χ1v) is 8.52. The topological polar surface area (TPSA) is 74.3 Å². The molecule has 0 unspecified atom stereocenters. The number of nitrogens with zero attached hydrogens (tertiary/aromatic N) is 2. The molecule has 0 radical (unpaired) electrons. The fourth-order valence-electron chi connectivity index (χ4n) is 2.76. The van der Waals surface area contributed by atoms with Gasteiger partial charge in [-0.25, -0.2) is 4.79 Å². The summed E-state index contributed by atoms with van der Waals surface area (Å²) in [5.74, 6) is -0.130. The summed E-state index contributed by atoms with van der Waals surface area (Å²) >= 11 is 5.92. The maximum Gasteiger partial charge on any atom is 0.321 e. The Bertz CT molecular complexity index is 746. The number of carbonyl (C=O) groups excluding carboxylic acids is 2. The molecule has 3 rings (SSSR count). The van der Waals surface area contributed by atoms with Gasteiger partial charge in [0.15, 0.2) is 0 Å². The van der Waals surface area contributed by atoms with E-state index in [2.05, 4.69) is 15.6 Å². The van der Waals surface area contributed by atoms with Gasteiger partial charge in [0.1, 0.15) is 0 Å². The second kappa shape index (κ2) is 7.98. The molecule has 1 fully saturated rings. The second-order valence-corrected chi connectivity index (χ2v) is 6.35. The van der Waals surface area contributed by atoms with Crippen molar-refractivity contribution in [2.24, 2.45) is 0 Å². The number of carbonyl (C=O) groups is 2. The summed E-state index contributed by atoms with van der Waals surface area (Å²) < 4.78 is 0. The fourth-order valence-corrected chi connectivity index (χ4v) is 2.95. The van der Waals surface area contributed by atoms with Crippen molar-refractivity contribution in [2.45, 2.75) is 18.9 Å². The highest BCUT2D eigenvalue weighted by Gasteiger charge is 2.24. The molecule has 1 aromatic heterocycles. The van der Waals surface area contributed by atoms with Crippen LogP contribution in [0.5, 0.6) is 0 Å². The average molecular weight is 359 g/mol. The largest absolute Gasteiger partial charge is 0.349 e. The smallest absolute Gasteiger partial charge is 0.321 e. The van der Waals surface area contributed by atoms with Crippen molar-refractivity contribution in [1.29, 1.82) is 0 Å². The van der Waals surface area contributed by atoms with Crippen LogP contribution in [0, 0.1) is 0 Å². The molecule has 0 atom stereocenters. The van der Waals surface area contributed by atoms with Crippen LogP contribution < -0.4 is 10.6 Å². The number of nitrogens with one attached hydrogen (secondary N) is 2. The van der Waals surface area contributed by atoms with E-state index in [0.29, 0.717) is 29.4 Å². The molecule has 7 heteroatoms. The lowest BCUT2D eigenvalue weighted by molar-refractivity contribution is 0.0919. The Hall–Kier alpha value is -2.60. The minimum absolute atomic E-state index is 0.0583. The summed E-state index contributed by atoms with van der Waals surface area (Å²) in [4.78, 5) is 30.1. The van der Waals surface area contributed by atoms with Crippen LogP contribution in [0.4, 0.5) is 10.5 Å². The molecule has 130 valence electrons. The van der Waals surface area contributed by atoms with E-state index in [0.717, 1.165) is 12.8 Å². The van der Waals surface area contributed by atoms with Crippen molar-refractivity contribution in [2.75, 3.05) is 18.4 Å². The van der Waals surface area contributed by atoms with E-state index in [-0.39, 0.29) is 18.0 Å². The van der Waals surface area contributed by atoms with E-state index in [4.69, 9.17) is 11.6 Å². The van der Waals surface area contributed by atoms with Crippen molar-refractivity contribution in [3.05, 3.63) is 59.4 Å². The second-order valence-electron chi connectivity index (χ2n) is 5.92. The third kappa shape index (κ3) is 4.70. The molecule has 0 bridgehead atoms. The van der Waals surface area contributed by atoms with Gasteiger partial charge in [0, 0.05) is 42.2 Å². The van der Waals surface area contributed by atoms with Gasteiger partial charge < -0.3 is 15.5 Å². The number of halogens is 1. The van der Waals surface area contributed by atoms with Gasteiger partial charge in [-0.2, -0.15) is 0 Å². The summed E-state index contributed by atoms with van der Waals surface area (Å²) in [5, 5.41) is 6.42. The van der Waals surface area contributed by atoms with E-state index in [1.165, 1.54) is 0 Å². The van der Waals surface area contributed by atoms with Crippen molar-refractivity contribution in [3.8, 4) is 0 Å².